The zero-order chi connectivity index (χ0) is 14.1. The highest BCUT2D eigenvalue weighted by molar-refractivity contribution is 5.94. The van der Waals surface area contributed by atoms with E-state index in [2.05, 4.69) is 10.1 Å². The van der Waals surface area contributed by atoms with Gasteiger partial charge >= 0.3 is 5.97 Å². The highest BCUT2D eigenvalue weighted by atomic mass is 16.5. The van der Waals surface area contributed by atoms with Crippen molar-refractivity contribution in [3.63, 3.8) is 0 Å². The Morgan fingerprint density at radius 3 is 2.90 bits per heavy atom. The number of ether oxygens (including phenoxy) is 1. The van der Waals surface area contributed by atoms with E-state index < -0.39 is 5.97 Å². The molecule has 0 atom stereocenters. The predicted molar refractivity (Wildman–Crippen MR) is 71.9 cm³/mol. The lowest BCUT2D eigenvalue weighted by Gasteiger charge is -2.00. The average molecular weight is 269 g/mol. The van der Waals surface area contributed by atoms with E-state index in [1.807, 2.05) is 18.2 Å². The Morgan fingerprint density at radius 1 is 1.30 bits per heavy atom. The molecule has 0 fully saturated rings. The summed E-state index contributed by atoms with van der Waals surface area (Å²) in [5, 5.41) is 13.4. The first-order valence-corrected chi connectivity index (χ1v) is 5.92. The number of aromatic nitrogens is 3. The van der Waals surface area contributed by atoms with Crippen LogP contribution in [0.3, 0.4) is 0 Å². The molecule has 2 aromatic heterocycles. The van der Waals surface area contributed by atoms with Crippen LogP contribution in [0.15, 0.2) is 42.6 Å². The van der Waals surface area contributed by atoms with Gasteiger partial charge in [-0.05, 0) is 24.3 Å². The molecular weight excluding hydrogens is 258 g/mol. The Balaban J connectivity index is 2.17. The lowest BCUT2D eigenvalue weighted by Crippen LogP contribution is -2.00. The van der Waals surface area contributed by atoms with Crippen molar-refractivity contribution in [2.75, 3.05) is 7.11 Å². The summed E-state index contributed by atoms with van der Waals surface area (Å²) < 4.78 is 6.61. The summed E-state index contributed by atoms with van der Waals surface area (Å²) in [5.41, 5.74) is 1.20. The second kappa shape index (κ2) is 4.65. The van der Waals surface area contributed by atoms with Crippen LogP contribution in [-0.4, -0.2) is 32.8 Å². The average Bonchev–Trinajstić information content (AvgIpc) is 2.91. The number of rotatable bonds is 3. The van der Waals surface area contributed by atoms with Crippen LogP contribution in [0.25, 0.3) is 17.0 Å². The van der Waals surface area contributed by atoms with E-state index >= 15 is 0 Å². The molecule has 1 N–H and O–H groups in total. The second-order valence-electron chi connectivity index (χ2n) is 4.16. The van der Waals surface area contributed by atoms with Crippen LogP contribution in [0.2, 0.25) is 0 Å². The van der Waals surface area contributed by atoms with Crippen molar-refractivity contribution < 1.29 is 14.6 Å². The van der Waals surface area contributed by atoms with Crippen LogP contribution in [0.5, 0.6) is 5.75 Å². The van der Waals surface area contributed by atoms with Gasteiger partial charge in [0.15, 0.2) is 11.5 Å². The van der Waals surface area contributed by atoms with Crippen molar-refractivity contribution in [1.82, 2.24) is 14.6 Å². The number of carboxylic acid groups (broad SMARTS) is 1. The number of carbonyl (C=O) groups is 1. The number of nitrogens with zero attached hydrogens (tertiary/aromatic N) is 3. The molecule has 6 heteroatoms. The highest BCUT2D eigenvalue weighted by Crippen LogP contribution is 2.22. The molecule has 0 saturated carbocycles. The van der Waals surface area contributed by atoms with Gasteiger partial charge in [0.2, 0.25) is 0 Å². The second-order valence-corrected chi connectivity index (χ2v) is 4.16. The number of fused-ring (bicyclic) bond motifs is 1. The number of benzene rings is 1. The molecule has 0 aliphatic heterocycles. The SMILES string of the molecule is COc1cccc(-c2nc3c(C(=O)O)cccn3n2)c1. The molecule has 3 rings (SSSR count). The monoisotopic (exact) mass is 269 g/mol. The van der Waals surface area contributed by atoms with Gasteiger partial charge in [-0.2, -0.15) is 0 Å². The maximum atomic E-state index is 11.2. The number of hydrogen-bond donors (Lipinski definition) is 1. The lowest BCUT2D eigenvalue weighted by molar-refractivity contribution is 0.0698. The summed E-state index contributed by atoms with van der Waals surface area (Å²) in [6, 6.07) is 10.4. The van der Waals surface area contributed by atoms with Crippen LogP contribution in [0, 0.1) is 0 Å². The summed E-state index contributed by atoms with van der Waals surface area (Å²) in [5.74, 6) is 0.123. The molecule has 0 unspecified atom stereocenters. The third kappa shape index (κ3) is 1.97. The largest absolute Gasteiger partial charge is 0.497 e. The highest BCUT2D eigenvalue weighted by Gasteiger charge is 2.14. The number of pyridine rings is 1. The van der Waals surface area contributed by atoms with Crippen molar-refractivity contribution in [2.45, 2.75) is 0 Å². The van der Waals surface area contributed by atoms with Gasteiger partial charge in [-0.3, -0.25) is 0 Å². The molecule has 20 heavy (non-hydrogen) atoms. The molecule has 0 aliphatic rings. The first-order valence-electron chi connectivity index (χ1n) is 5.92. The molecule has 100 valence electrons. The van der Waals surface area contributed by atoms with Crippen molar-refractivity contribution in [1.29, 1.82) is 0 Å². The van der Waals surface area contributed by atoms with Crippen molar-refractivity contribution in [2.24, 2.45) is 0 Å². The number of carboxylic acids is 1. The summed E-state index contributed by atoms with van der Waals surface area (Å²) >= 11 is 0. The first kappa shape index (κ1) is 12.2. The molecule has 0 spiro atoms. The molecule has 0 aliphatic carbocycles. The normalized spacial score (nSPS) is 10.7. The number of methoxy groups -OCH3 is 1. The molecular formula is C14H11N3O3. The van der Waals surface area contributed by atoms with Gasteiger partial charge in [-0.1, -0.05) is 12.1 Å². The van der Waals surface area contributed by atoms with Gasteiger partial charge in [0.1, 0.15) is 11.3 Å². The van der Waals surface area contributed by atoms with E-state index in [1.54, 1.807) is 25.4 Å². The van der Waals surface area contributed by atoms with Gasteiger partial charge in [-0.15, -0.1) is 5.10 Å². The minimum Gasteiger partial charge on any atom is -0.497 e. The third-order valence-electron chi connectivity index (χ3n) is 2.92. The van der Waals surface area contributed by atoms with Crippen molar-refractivity contribution >= 4 is 11.6 Å². The molecule has 0 radical (unpaired) electrons. The zero-order valence-electron chi connectivity index (χ0n) is 10.6. The van der Waals surface area contributed by atoms with E-state index in [9.17, 15) is 4.79 Å². The number of hydrogen-bond acceptors (Lipinski definition) is 4. The molecule has 3 aromatic rings. The topological polar surface area (TPSA) is 76.7 Å². The molecule has 0 amide bonds. The molecule has 0 bridgehead atoms. The van der Waals surface area contributed by atoms with Gasteiger partial charge in [-0.25, -0.2) is 14.3 Å². The first-order chi connectivity index (χ1) is 9.69. The standard InChI is InChI=1S/C14H11N3O3/c1-20-10-5-2-4-9(8-10)12-15-13-11(14(18)19)6-3-7-17(13)16-12/h2-8H,1H3,(H,18,19). The fourth-order valence-corrected chi connectivity index (χ4v) is 1.96. The van der Waals surface area contributed by atoms with E-state index in [-0.39, 0.29) is 5.56 Å². The van der Waals surface area contributed by atoms with Crippen LogP contribution in [0.4, 0.5) is 0 Å². The van der Waals surface area contributed by atoms with Crippen molar-refractivity contribution in [3.8, 4) is 17.1 Å². The Morgan fingerprint density at radius 2 is 2.15 bits per heavy atom. The fourth-order valence-electron chi connectivity index (χ4n) is 1.96. The Kier molecular flexibility index (Phi) is 2.83. The minimum atomic E-state index is -1.03. The van der Waals surface area contributed by atoms with Gasteiger partial charge < -0.3 is 9.84 Å². The maximum absolute atomic E-state index is 11.2. The Bertz CT molecular complexity index is 795. The lowest BCUT2D eigenvalue weighted by atomic mass is 10.2. The molecule has 2 heterocycles. The minimum absolute atomic E-state index is 0.120. The van der Waals surface area contributed by atoms with Crippen LogP contribution >= 0.6 is 0 Å². The smallest absolute Gasteiger partial charge is 0.339 e. The number of aromatic carboxylic acids is 1. The summed E-state index contributed by atoms with van der Waals surface area (Å²) in [7, 11) is 1.58. The van der Waals surface area contributed by atoms with Gasteiger partial charge in [0.05, 0.1) is 7.11 Å². The Labute approximate surface area is 114 Å². The van der Waals surface area contributed by atoms with E-state index in [1.165, 1.54) is 10.6 Å². The summed E-state index contributed by atoms with van der Waals surface area (Å²) in [6.45, 7) is 0. The predicted octanol–water partition coefficient (Wildman–Crippen LogP) is 2.10. The van der Waals surface area contributed by atoms with E-state index in [0.717, 1.165) is 5.56 Å². The van der Waals surface area contributed by atoms with Gasteiger partial charge in [0, 0.05) is 11.8 Å². The third-order valence-corrected chi connectivity index (χ3v) is 2.92. The molecule has 6 nitrogen and oxygen atoms in total. The Hall–Kier alpha value is -2.89. The quantitative estimate of drug-likeness (QED) is 0.788. The van der Waals surface area contributed by atoms with Crippen molar-refractivity contribution in [3.05, 3.63) is 48.2 Å². The van der Waals surface area contributed by atoms with E-state index in [0.29, 0.717) is 17.2 Å². The summed E-state index contributed by atoms with van der Waals surface area (Å²) in [4.78, 5) is 15.5. The van der Waals surface area contributed by atoms with Gasteiger partial charge in [0.25, 0.3) is 0 Å². The molecule has 1 aromatic carbocycles. The molecule has 0 saturated heterocycles. The van der Waals surface area contributed by atoms with E-state index in [4.69, 9.17) is 9.84 Å². The maximum Gasteiger partial charge on any atom is 0.339 e. The van der Waals surface area contributed by atoms with Crippen LogP contribution in [-0.2, 0) is 0 Å². The van der Waals surface area contributed by atoms with Crippen LogP contribution in [0.1, 0.15) is 10.4 Å². The zero-order valence-corrected chi connectivity index (χ0v) is 10.6. The fraction of sp³-hybridized carbons (Fsp3) is 0.0714. The van der Waals surface area contributed by atoms with Crippen LogP contribution < -0.4 is 4.74 Å². The summed E-state index contributed by atoms with van der Waals surface area (Å²) in [6.07, 6.45) is 1.67.